The van der Waals surface area contributed by atoms with Crippen LogP contribution in [0, 0.1) is 0 Å². The molecule has 0 fully saturated rings. The third kappa shape index (κ3) is 2.71. The fraction of sp³-hybridized carbons (Fsp3) is 0.250. The SMILES string of the molecule is OCc1cncn1CCc1ccc(Br)cc1. The number of hydrogen-bond donors (Lipinski definition) is 1. The summed E-state index contributed by atoms with van der Waals surface area (Å²) in [4.78, 5) is 4.01. The zero-order valence-corrected chi connectivity index (χ0v) is 10.4. The maximum absolute atomic E-state index is 9.07. The Kier molecular flexibility index (Phi) is 3.74. The molecule has 84 valence electrons. The Labute approximate surface area is 103 Å². The standard InChI is InChI=1S/C12H13BrN2O/c13-11-3-1-10(2-4-11)5-6-15-9-14-7-12(15)8-16/h1-4,7,9,16H,5-6,8H2. The van der Waals surface area contributed by atoms with E-state index >= 15 is 0 Å². The maximum atomic E-state index is 9.07. The number of aryl methyl sites for hydroxylation is 2. The minimum absolute atomic E-state index is 0.0420. The van der Waals surface area contributed by atoms with Gasteiger partial charge in [0.2, 0.25) is 0 Å². The van der Waals surface area contributed by atoms with Crippen LogP contribution in [0.4, 0.5) is 0 Å². The van der Waals surface area contributed by atoms with Crippen LogP contribution in [-0.2, 0) is 19.6 Å². The van der Waals surface area contributed by atoms with E-state index in [2.05, 4.69) is 33.0 Å². The second-order valence-electron chi connectivity index (χ2n) is 3.61. The van der Waals surface area contributed by atoms with Gasteiger partial charge in [0.25, 0.3) is 0 Å². The van der Waals surface area contributed by atoms with Gasteiger partial charge in [-0.2, -0.15) is 0 Å². The van der Waals surface area contributed by atoms with Crippen molar-refractivity contribution in [2.45, 2.75) is 19.6 Å². The lowest BCUT2D eigenvalue weighted by molar-refractivity contribution is 0.270. The molecule has 0 saturated carbocycles. The van der Waals surface area contributed by atoms with E-state index in [-0.39, 0.29) is 6.61 Å². The fourth-order valence-corrected chi connectivity index (χ4v) is 1.85. The first-order chi connectivity index (χ1) is 7.79. The molecule has 2 rings (SSSR count). The lowest BCUT2D eigenvalue weighted by atomic mass is 10.1. The molecule has 3 nitrogen and oxygen atoms in total. The second kappa shape index (κ2) is 5.27. The van der Waals surface area contributed by atoms with Gasteiger partial charge in [0, 0.05) is 11.0 Å². The molecule has 0 radical (unpaired) electrons. The Hall–Kier alpha value is -1.13. The molecule has 0 spiro atoms. The first-order valence-corrected chi connectivity index (χ1v) is 5.93. The highest BCUT2D eigenvalue weighted by atomic mass is 79.9. The fourth-order valence-electron chi connectivity index (χ4n) is 1.58. The summed E-state index contributed by atoms with van der Waals surface area (Å²) in [5, 5.41) is 9.07. The molecule has 0 aliphatic carbocycles. The zero-order valence-electron chi connectivity index (χ0n) is 8.81. The van der Waals surface area contributed by atoms with Gasteiger partial charge >= 0.3 is 0 Å². The first kappa shape index (κ1) is 11.4. The van der Waals surface area contributed by atoms with Gasteiger partial charge in [0.05, 0.1) is 24.8 Å². The molecule has 0 saturated heterocycles. The lowest BCUT2D eigenvalue weighted by Crippen LogP contribution is -2.04. The van der Waals surface area contributed by atoms with Crippen LogP contribution < -0.4 is 0 Å². The topological polar surface area (TPSA) is 38.1 Å². The number of aromatic nitrogens is 2. The van der Waals surface area contributed by atoms with E-state index in [1.165, 1.54) is 5.56 Å². The summed E-state index contributed by atoms with van der Waals surface area (Å²) in [6.07, 6.45) is 4.39. The van der Waals surface area contributed by atoms with E-state index in [0.29, 0.717) is 0 Å². The summed E-state index contributed by atoms with van der Waals surface area (Å²) in [7, 11) is 0. The molecule has 0 unspecified atom stereocenters. The highest BCUT2D eigenvalue weighted by molar-refractivity contribution is 9.10. The van der Waals surface area contributed by atoms with E-state index in [1.54, 1.807) is 12.5 Å². The van der Waals surface area contributed by atoms with Crippen LogP contribution in [0.5, 0.6) is 0 Å². The Bertz CT molecular complexity index is 450. The van der Waals surface area contributed by atoms with Crippen LogP contribution in [0.15, 0.2) is 41.3 Å². The molecule has 1 heterocycles. The van der Waals surface area contributed by atoms with E-state index in [0.717, 1.165) is 23.1 Å². The third-order valence-corrected chi connectivity index (χ3v) is 3.04. The lowest BCUT2D eigenvalue weighted by Gasteiger charge is -2.06. The number of halogens is 1. The number of hydrogen-bond acceptors (Lipinski definition) is 2. The second-order valence-corrected chi connectivity index (χ2v) is 4.53. The Morgan fingerprint density at radius 1 is 1.25 bits per heavy atom. The van der Waals surface area contributed by atoms with E-state index < -0.39 is 0 Å². The van der Waals surface area contributed by atoms with Crippen LogP contribution in [-0.4, -0.2) is 14.7 Å². The van der Waals surface area contributed by atoms with Crippen LogP contribution in [0.3, 0.4) is 0 Å². The molecular weight excluding hydrogens is 268 g/mol. The van der Waals surface area contributed by atoms with Crippen molar-refractivity contribution in [2.75, 3.05) is 0 Å². The highest BCUT2D eigenvalue weighted by Gasteiger charge is 2.00. The zero-order chi connectivity index (χ0) is 11.4. The van der Waals surface area contributed by atoms with Crippen LogP contribution in [0.2, 0.25) is 0 Å². The van der Waals surface area contributed by atoms with Crippen LogP contribution in [0.25, 0.3) is 0 Å². The van der Waals surface area contributed by atoms with Crippen molar-refractivity contribution in [3.63, 3.8) is 0 Å². The first-order valence-electron chi connectivity index (χ1n) is 5.14. The molecule has 2 aromatic rings. The van der Waals surface area contributed by atoms with Crippen LogP contribution >= 0.6 is 15.9 Å². The number of imidazole rings is 1. The number of aliphatic hydroxyl groups is 1. The molecule has 1 aromatic heterocycles. The summed E-state index contributed by atoms with van der Waals surface area (Å²) >= 11 is 3.41. The molecule has 0 atom stereocenters. The smallest absolute Gasteiger partial charge is 0.0948 e. The average Bonchev–Trinajstić information content (AvgIpc) is 2.76. The quantitative estimate of drug-likeness (QED) is 0.934. The van der Waals surface area contributed by atoms with Gasteiger partial charge < -0.3 is 9.67 Å². The Morgan fingerprint density at radius 2 is 2.00 bits per heavy atom. The number of rotatable bonds is 4. The van der Waals surface area contributed by atoms with Gasteiger partial charge in [0.1, 0.15) is 0 Å². The highest BCUT2D eigenvalue weighted by Crippen LogP contribution is 2.11. The normalized spacial score (nSPS) is 10.6. The molecule has 0 aliphatic heterocycles. The maximum Gasteiger partial charge on any atom is 0.0948 e. The number of nitrogens with zero attached hydrogens (tertiary/aromatic N) is 2. The Balaban J connectivity index is 1.99. The number of benzene rings is 1. The minimum Gasteiger partial charge on any atom is -0.390 e. The van der Waals surface area contributed by atoms with Crippen molar-refractivity contribution in [3.8, 4) is 0 Å². The molecule has 1 aromatic carbocycles. The van der Waals surface area contributed by atoms with Gasteiger partial charge in [0.15, 0.2) is 0 Å². The van der Waals surface area contributed by atoms with Crippen molar-refractivity contribution in [2.24, 2.45) is 0 Å². The van der Waals surface area contributed by atoms with Crippen molar-refractivity contribution < 1.29 is 5.11 Å². The monoisotopic (exact) mass is 280 g/mol. The largest absolute Gasteiger partial charge is 0.390 e. The molecular formula is C12H13BrN2O. The predicted molar refractivity (Wildman–Crippen MR) is 66.0 cm³/mol. The summed E-state index contributed by atoms with van der Waals surface area (Å²) in [6.45, 7) is 0.887. The molecule has 0 amide bonds. The summed E-state index contributed by atoms with van der Waals surface area (Å²) < 4.78 is 3.07. The molecule has 0 aliphatic rings. The van der Waals surface area contributed by atoms with Crippen molar-refractivity contribution in [1.29, 1.82) is 0 Å². The van der Waals surface area contributed by atoms with Crippen molar-refractivity contribution in [1.82, 2.24) is 9.55 Å². The average molecular weight is 281 g/mol. The Morgan fingerprint density at radius 3 is 2.69 bits per heavy atom. The van der Waals surface area contributed by atoms with Crippen molar-refractivity contribution >= 4 is 15.9 Å². The van der Waals surface area contributed by atoms with E-state index in [4.69, 9.17) is 5.11 Å². The van der Waals surface area contributed by atoms with E-state index in [9.17, 15) is 0 Å². The van der Waals surface area contributed by atoms with Crippen LogP contribution in [0.1, 0.15) is 11.3 Å². The molecule has 1 N–H and O–H groups in total. The third-order valence-electron chi connectivity index (χ3n) is 2.52. The summed E-state index contributed by atoms with van der Waals surface area (Å²) in [5.74, 6) is 0. The summed E-state index contributed by atoms with van der Waals surface area (Å²) in [5.41, 5.74) is 2.14. The molecule has 0 bridgehead atoms. The van der Waals surface area contributed by atoms with Gasteiger partial charge in [-0.15, -0.1) is 0 Å². The number of aliphatic hydroxyl groups excluding tert-OH is 1. The molecule has 16 heavy (non-hydrogen) atoms. The predicted octanol–water partition coefficient (Wildman–Crippen LogP) is 2.38. The van der Waals surface area contributed by atoms with Gasteiger partial charge in [-0.25, -0.2) is 4.98 Å². The van der Waals surface area contributed by atoms with Gasteiger partial charge in [-0.1, -0.05) is 28.1 Å². The van der Waals surface area contributed by atoms with Gasteiger partial charge in [-0.3, -0.25) is 0 Å². The van der Waals surface area contributed by atoms with Gasteiger partial charge in [-0.05, 0) is 24.1 Å². The minimum atomic E-state index is 0.0420. The summed E-state index contributed by atoms with van der Waals surface area (Å²) in [6, 6.07) is 8.27. The van der Waals surface area contributed by atoms with E-state index in [1.807, 2.05) is 16.7 Å². The van der Waals surface area contributed by atoms with Crippen molar-refractivity contribution in [3.05, 3.63) is 52.5 Å². The molecule has 4 heteroatoms.